The minimum Gasteiger partial charge on any atom is -0.339 e. The van der Waals surface area contributed by atoms with E-state index in [0.717, 1.165) is 22.4 Å². The molecule has 2 atom stereocenters. The summed E-state index contributed by atoms with van der Waals surface area (Å²) in [6, 6.07) is 12.4. The number of aryl methyl sites for hydroxylation is 2. The predicted octanol–water partition coefficient (Wildman–Crippen LogP) is 4.18. The van der Waals surface area contributed by atoms with Gasteiger partial charge in [0.1, 0.15) is 17.7 Å². The summed E-state index contributed by atoms with van der Waals surface area (Å²) >= 11 is 0. The van der Waals surface area contributed by atoms with E-state index in [0.29, 0.717) is 23.8 Å². The van der Waals surface area contributed by atoms with Crippen LogP contribution in [0.25, 0.3) is 0 Å². The molecule has 0 bridgehead atoms. The van der Waals surface area contributed by atoms with Crippen LogP contribution >= 0.6 is 0 Å². The fourth-order valence-corrected chi connectivity index (χ4v) is 4.28. The van der Waals surface area contributed by atoms with Gasteiger partial charge >= 0.3 is 0 Å². The number of benzene rings is 2. The SMILES string of the molecule is Cc1cccc(C(=O)NC2C(=O)Nc3c(c(C)nn3CC(C)C)[C@@H]2c2ccc(F)cc2)c1. The van der Waals surface area contributed by atoms with Crippen LogP contribution in [0.4, 0.5) is 10.2 Å². The Morgan fingerprint density at radius 3 is 2.56 bits per heavy atom. The first-order valence-electron chi connectivity index (χ1n) is 10.8. The Kier molecular flexibility index (Phi) is 5.82. The molecule has 32 heavy (non-hydrogen) atoms. The molecule has 1 unspecified atom stereocenters. The van der Waals surface area contributed by atoms with E-state index >= 15 is 0 Å². The molecule has 2 amide bonds. The fourth-order valence-electron chi connectivity index (χ4n) is 4.28. The zero-order valence-corrected chi connectivity index (χ0v) is 18.6. The highest BCUT2D eigenvalue weighted by Crippen LogP contribution is 2.40. The quantitative estimate of drug-likeness (QED) is 0.633. The van der Waals surface area contributed by atoms with Gasteiger partial charge in [-0.25, -0.2) is 9.07 Å². The molecule has 2 N–H and O–H groups in total. The van der Waals surface area contributed by atoms with Crippen LogP contribution < -0.4 is 10.6 Å². The topological polar surface area (TPSA) is 76.0 Å². The maximum Gasteiger partial charge on any atom is 0.251 e. The lowest BCUT2D eigenvalue weighted by Crippen LogP contribution is -2.50. The van der Waals surface area contributed by atoms with Crippen molar-refractivity contribution in [1.29, 1.82) is 0 Å². The summed E-state index contributed by atoms with van der Waals surface area (Å²) in [5.41, 5.74) is 3.78. The highest BCUT2D eigenvalue weighted by molar-refractivity contribution is 6.04. The van der Waals surface area contributed by atoms with Crippen molar-refractivity contribution in [3.05, 3.63) is 82.3 Å². The Labute approximate surface area is 186 Å². The van der Waals surface area contributed by atoms with E-state index in [-0.39, 0.29) is 17.6 Å². The molecular weight excluding hydrogens is 407 g/mol. The summed E-state index contributed by atoms with van der Waals surface area (Å²) in [6.07, 6.45) is 0. The van der Waals surface area contributed by atoms with Crippen LogP contribution in [0, 0.1) is 25.6 Å². The normalized spacial score (nSPS) is 17.8. The first kappa shape index (κ1) is 21.7. The number of nitrogens with zero attached hydrogens (tertiary/aromatic N) is 2. The molecule has 0 saturated heterocycles. The molecular formula is C25H27FN4O2. The Balaban J connectivity index is 1.79. The number of hydrogen-bond acceptors (Lipinski definition) is 3. The molecule has 0 radical (unpaired) electrons. The minimum absolute atomic E-state index is 0.322. The van der Waals surface area contributed by atoms with Crippen molar-refractivity contribution in [1.82, 2.24) is 15.1 Å². The van der Waals surface area contributed by atoms with Crippen LogP contribution in [0.2, 0.25) is 0 Å². The number of carbonyl (C=O) groups is 2. The summed E-state index contributed by atoms with van der Waals surface area (Å²) < 4.78 is 15.5. The largest absolute Gasteiger partial charge is 0.339 e. The second-order valence-electron chi connectivity index (χ2n) is 8.76. The number of halogens is 1. The first-order valence-corrected chi connectivity index (χ1v) is 10.8. The van der Waals surface area contributed by atoms with Crippen LogP contribution in [0.15, 0.2) is 48.5 Å². The molecule has 1 aliphatic rings. The molecule has 0 spiro atoms. The van der Waals surface area contributed by atoms with Crippen LogP contribution in [-0.2, 0) is 11.3 Å². The lowest BCUT2D eigenvalue weighted by molar-refractivity contribution is -0.118. The molecule has 0 fully saturated rings. The maximum absolute atomic E-state index is 13.7. The second-order valence-corrected chi connectivity index (χ2v) is 8.76. The Morgan fingerprint density at radius 2 is 1.91 bits per heavy atom. The predicted molar refractivity (Wildman–Crippen MR) is 121 cm³/mol. The molecule has 3 aromatic rings. The molecule has 6 nitrogen and oxygen atoms in total. The smallest absolute Gasteiger partial charge is 0.251 e. The molecule has 0 aliphatic carbocycles. The molecule has 1 aromatic heterocycles. The number of carbonyl (C=O) groups excluding carboxylic acids is 2. The van der Waals surface area contributed by atoms with Crippen LogP contribution in [0.5, 0.6) is 0 Å². The molecule has 0 saturated carbocycles. The van der Waals surface area contributed by atoms with Crippen molar-refractivity contribution in [2.75, 3.05) is 5.32 Å². The third-order valence-corrected chi connectivity index (χ3v) is 5.68. The molecule has 2 heterocycles. The van der Waals surface area contributed by atoms with Crippen LogP contribution in [0.3, 0.4) is 0 Å². The Morgan fingerprint density at radius 1 is 1.19 bits per heavy atom. The van der Waals surface area contributed by atoms with E-state index in [4.69, 9.17) is 0 Å². The molecule has 166 valence electrons. The van der Waals surface area contributed by atoms with Crippen molar-refractivity contribution in [2.24, 2.45) is 5.92 Å². The highest BCUT2D eigenvalue weighted by Gasteiger charge is 2.41. The van der Waals surface area contributed by atoms with Crippen molar-refractivity contribution < 1.29 is 14.0 Å². The van der Waals surface area contributed by atoms with Crippen LogP contribution in [-0.4, -0.2) is 27.6 Å². The summed E-state index contributed by atoms with van der Waals surface area (Å²) in [5.74, 6) is -0.542. The summed E-state index contributed by atoms with van der Waals surface area (Å²) in [4.78, 5) is 26.3. The molecule has 2 aromatic carbocycles. The van der Waals surface area contributed by atoms with Crippen molar-refractivity contribution >= 4 is 17.6 Å². The van der Waals surface area contributed by atoms with Gasteiger partial charge in [0.05, 0.1) is 5.69 Å². The number of rotatable bonds is 5. The van der Waals surface area contributed by atoms with Gasteiger partial charge in [-0.1, -0.05) is 43.7 Å². The van der Waals surface area contributed by atoms with Gasteiger partial charge in [-0.05, 0) is 49.6 Å². The van der Waals surface area contributed by atoms with Crippen molar-refractivity contribution in [3.63, 3.8) is 0 Å². The number of amides is 2. The standard InChI is InChI=1S/C25H27FN4O2/c1-14(2)13-30-23-20(16(4)29-30)21(17-8-10-19(26)11-9-17)22(25(32)28-23)27-24(31)18-7-5-6-15(3)12-18/h5-12,14,21-22H,13H2,1-4H3,(H,27,31)(H,28,32)/t21-,22?/m0/s1. The van der Waals surface area contributed by atoms with Gasteiger partial charge in [0.15, 0.2) is 0 Å². The molecule has 4 rings (SSSR count). The third kappa shape index (κ3) is 4.15. The summed E-state index contributed by atoms with van der Waals surface area (Å²) in [7, 11) is 0. The number of nitrogens with one attached hydrogen (secondary N) is 2. The number of hydrogen-bond donors (Lipinski definition) is 2. The monoisotopic (exact) mass is 434 g/mol. The average molecular weight is 435 g/mol. The highest BCUT2D eigenvalue weighted by atomic mass is 19.1. The zero-order valence-electron chi connectivity index (χ0n) is 18.6. The van der Waals surface area contributed by atoms with Crippen molar-refractivity contribution in [2.45, 2.75) is 46.2 Å². The van der Waals surface area contributed by atoms with Crippen LogP contribution in [0.1, 0.15) is 52.5 Å². The maximum atomic E-state index is 13.7. The second kappa shape index (κ2) is 8.57. The van der Waals surface area contributed by atoms with E-state index in [1.807, 2.05) is 24.6 Å². The van der Waals surface area contributed by atoms with Gasteiger partial charge in [-0.15, -0.1) is 0 Å². The number of fused-ring (bicyclic) bond motifs is 1. The Bertz CT molecular complexity index is 1170. The zero-order chi connectivity index (χ0) is 23.0. The van der Waals surface area contributed by atoms with E-state index in [1.165, 1.54) is 12.1 Å². The number of anilines is 1. The number of aromatic nitrogens is 2. The van der Waals surface area contributed by atoms with E-state index < -0.39 is 12.0 Å². The van der Waals surface area contributed by atoms with Crippen molar-refractivity contribution in [3.8, 4) is 0 Å². The van der Waals surface area contributed by atoms with E-state index in [9.17, 15) is 14.0 Å². The van der Waals surface area contributed by atoms with Gasteiger partial charge in [0, 0.05) is 23.6 Å². The lowest BCUT2D eigenvalue weighted by atomic mass is 9.82. The fraction of sp³-hybridized carbons (Fsp3) is 0.320. The summed E-state index contributed by atoms with van der Waals surface area (Å²) in [5, 5.41) is 10.5. The average Bonchev–Trinajstić information content (AvgIpc) is 3.03. The van der Waals surface area contributed by atoms with E-state index in [1.54, 1.807) is 30.3 Å². The van der Waals surface area contributed by atoms with Gasteiger partial charge in [-0.3, -0.25) is 9.59 Å². The summed E-state index contributed by atoms with van der Waals surface area (Å²) in [6.45, 7) is 8.60. The van der Waals surface area contributed by atoms with E-state index in [2.05, 4.69) is 29.6 Å². The first-order chi connectivity index (χ1) is 15.2. The molecule has 7 heteroatoms. The Hall–Kier alpha value is -3.48. The van der Waals surface area contributed by atoms with Gasteiger partial charge in [0.25, 0.3) is 5.91 Å². The van der Waals surface area contributed by atoms with Gasteiger partial charge in [-0.2, -0.15) is 5.10 Å². The minimum atomic E-state index is -0.864. The molecule has 1 aliphatic heterocycles. The van der Waals surface area contributed by atoms with Gasteiger partial charge < -0.3 is 10.6 Å². The third-order valence-electron chi connectivity index (χ3n) is 5.68. The van der Waals surface area contributed by atoms with Gasteiger partial charge in [0.2, 0.25) is 5.91 Å². The lowest BCUT2D eigenvalue weighted by Gasteiger charge is -2.33.